The van der Waals surface area contributed by atoms with Crippen LogP contribution >= 0.6 is 0 Å². The first-order chi connectivity index (χ1) is 11.7. The van der Waals surface area contributed by atoms with Crippen molar-refractivity contribution in [2.45, 2.75) is 19.4 Å². The summed E-state index contributed by atoms with van der Waals surface area (Å²) in [6.45, 7) is 1.70. The van der Waals surface area contributed by atoms with Crippen molar-refractivity contribution in [3.63, 3.8) is 0 Å². The van der Waals surface area contributed by atoms with Crippen LogP contribution in [-0.2, 0) is 14.3 Å². The predicted molar refractivity (Wildman–Crippen MR) is 82.6 cm³/mol. The molecule has 1 aliphatic heterocycles. The molecule has 0 aromatic heterocycles. The van der Waals surface area contributed by atoms with E-state index in [-0.39, 0.29) is 11.3 Å². The number of esters is 1. The fourth-order valence-corrected chi connectivity index (χ4v) is 2.26. The second-order valence-corrected chi connectivity index (χ2v) is 5.87. The summed E-state index contributed by atoms with van der Waals surface area (Å²) in [6, 6.07) is 2.65. The van der Waals surface area contributed by atoms with E-state index in [1.54, 1.807) is 0 Å². The Bertz CT molecular complexity index is 746. The lowest BCUT2D eigenvalue weighted by molar-refractivity contribution is -0.146. The van der Waals surface area contributed by atoms with Gasteiger partial charge in [0, 0.05) is 0 Å². The fraction of sp³-hybridized carbons (Fsp3) is 0.375. The molecule has 0 bridgehead atoms. The molecule has 0 spiro atoms. The zero-order valence-corrected chi connectivity index (χ0v) is 13.9. The van der Waals surface area contributed by atoms with Crippen molar-refractivity contribution < 1.29 is 33.0 Å². The van der Waals surface area contributed by atoms with Crippen molar-refractivity contribution in [2.75, 3.05) is 20.3 Å². The summed E-state index contributed by atoms with van der Waals surface area (Å²) in [4.78, 5) is 48.2. The van der Waals surface area contributed by atoms with Gasteiger partial charge >= 0.3 is 12.0 Å². The minimum atomic E-state index is -1.11. The number of urea groups is 1. The standard InChI is InChI=1S/C16H17FN2O6/c1-16(2)14(22)19(15(23)18-16)7-13(21)25-8-11(20)10-6-9(17)4-5-12(10)24-3/h4-6H,7-8H2,1-3H3,(H,18,23). The lowest BCUT2D eigenvalue weighted by atomic mass is 10.1. The maximum atomic E-state index is 13.3. The number of benzene rings is 1. The SMILES string of the molecule is COc1ccc(F)cc1C(=O)COC(=O)CN1C(=O)NC(C)(C)C1=O. The second-order valence-electron chi connectivity index (χ2n) is 5.87. The first kappa shape index (κ1) is 18.4. The molecule has 1 saturated heterocycles. The van der Waals surface area contributed by atoms with Gasteiger partial charge in [-0.3, -0.25) is 19.3 Å². The van der Waals surface area contributed by atoms with Crippen LogP contribution in [0.5, 0.6) is 5.75 Å². The van der Waals surface area contributed by atoms with Crippen molar-refractivity contribution in [2.24, 2.45) is 0 Å². The average molecular weight is 352 g/mol. The molecular weight excluding hydrogens is 335 g/mol. The van der Waals surface area contributed by atoms with Crippen molar-refractivity contribution in [3.05, 3.63) is 29.6 Å². The molecule has 0 saturated carbocycles. The summed E-state index contributed by atoms with van der Waals surface area (Å²) >= 11 is 0. The van der Waals surface area contributed by atoms with Crippen LogP contribution in [0.2, 0.25) is 0 Å². The molecule has 0 radical (unpaired) electrons. The van der Waals surface area contributed by atoms with Gasteiger partial charge in [-0.1, -0.05) is 0 Å². The number of halogens is 1. The molecule has 1 heterocycles. The maximum Gasteiger partial charge on any atom is 0.326 e. The Labute approximate surface area is 142 Å². The van der Waals surface area contributed by atoms with E-state index in [1.807, 2.05) is 0 Å². The molecule has 3 amide bonds. The third-order valence-corrected chi connectivity index (χ3v) is 3.56. The van der Waals surface area contributed by atoms with Crippen LogP contribution in [0.1, 0.15) is 24.2 Å². The number of imide groups is 1. The Hall–Kier alpha value is -2.97. The molecule has 0 aliphatic carbocycles. The van der Waals surface area contributed by atoms with Crippen LogP contribution < -0.4 is 10.1 Å². The fourth-order valence-electron chi connectivity index (χ4n) is 2.26. The minimum Gasteiger partial charge on any atom is -0.496 e. The molecule has 0 atom stereocenters. The molecule has 1 aromatic rings. The largest absolute Gasteiger partial charge is 0.496 e. The molecule has 1 N–H and O–H groups in total. The zero-order valence-electron chi connectivity index (χ0n) is 13.9. The minimum absolute atomic E-state index is 0.0774. The first-order valence-corrected chi connectivity index (χ1v) is 7.32. The summed E-state index contributed by atoms with van der Waals surface area (Å²) in [6.07, 6.45) is 0. The molecule has 0 unspecified atom stereocenters. The summed E-state index contributed by atoms with van der Waals surface area (Å²) in [7, 11) is 1.31. The molecule has 1 aliphatic rings. The second kappa shape index (κ2) is 6.88. The van der Waals surface area contributed by atoms with E-state index >= 15 is 0 Å². The molecular formula is C16H17FN2O6. The molecule has 8 nitrogen and oxygen atoms in total. The normalized spacial score (nSPS) is 15.8. The number of Topliss-reactive ketones (excluding diaryl/α,β-unsaturated/α-hetero) is 1. The highest BCUT2D eigenvalue weighted by atomic mass is 19.1. The van der Waals surface area contributed by atoms with Crippen molar-refractivity contribution in [1.29, 1.82) is 0 Å². The number of ether oxygens (including phenoxy) is 2. The molecule has 1 aromatic carbocycles. The Balaban J connectivity index is 1.97. The van der Waals surface area contributed by atoms with E-state index < -0.39 is 48.2 Å². The molecule has 134 valence electrons. The number of carbonyl (C=O) groups is 4. The topological polar surface area (TPSA) is 102 Å². The van der Waals surface area contributed by atoms with Gasteiger partial charge in [0.2, 0.25) is 5.78 Å². The van der Waals surface area contributed by atoms with Gasteiger partial charge in [0.1, 0.15) is 23.7 Å². The van der Waals surface area contributed by atoms with Crippen molar-refractivity contribution in [3.8, 4) is 5.75 Å². The van der Waals surface area contributed by atoms with E-state index in [9.17, 15) is 23.6 Å². The molecule has 2 rings (SSSR count). The lowest BCUT2D eigenvalue weighted by Gasteiger charge is -2.15. The highest BCUT2D eigenvalue weighted by molar-refractivity contribution is 6.08. The number of nitrogens with zero attached hydrogens (tertiary/aromatic N) is 1. The van der Waals surface area contributed by atoms with E-state index in [0.29, 0.717) is 4.90 Å². The quantitative estimate of drug-likeness (QED) is 0.463. The number of rotatable bonds is 6. The van der Waals surface area contributed by atoms with Crippen molar-refractivity contribution >= 4 is 23.7 Å². The lowest BCUT2D eigenvalue weighted by Crippen LogP contribution is -2.41. The Morgan fingerprint density at radius 3 is 2.52 bits per heavy atom. The van der Waals surface area contributed by atoms with Crippen LogP contribution in [0, 0.1) is 5.82 Å². The summed E-state index contributed by atoms with van der Waals surface area (Å²) in [5.74, 6) is -2.70. The highest BCUT2D eigenvalue weighted by Gasteiger charge is 2.45. The van der Waals surface area contributed by atoms with Gasteiger partial charge in [-0.2, -0.15) is 0 Å². The first-order valence-electron chi connectivity index (χ1n) is 7.32. The van der Waals surface area contributed by atoms with E-state index in [1.165, 1.54) is 27.0 Å². The highest BCUT2D eigenvalue weighted by Crippen LogP contribution is 2.20. The van der Waals surface area contributed by atoms with Crippen LogP contribution in [0.25, 0.3) is 0 Å². The Kier molecular flexibility index (Phi) is 5.05. The number of amides is 3. The third kappa shape index (κ3) is 3.93. The number of hydrogen-bond acceptors (Lipinski definition) is 6. The van der Waals surface area contributed by atoms with E-state index in [4.69, 9.17) is 9.47 Å². The maximum absolute atomic E-state index is 13.3. The van der Waals surface area contributed by atoms with Gasteiger partial charge in [-0.15, -0.1) is 0 Å². The van der Waals surface area contributed by atoms with E-state index in [0.717, 1.165) is 12.1 Å². The van der Waals surface area contributed by atoms with Gasteiger partial charge < -0.3 is 14.8 Å². The molecule has 25 heavy (non-hydrogen) atoms. The number of hydrogen-bond donors (Lipinski definition) is 1. The monoisotopic (exact) mass is 352 g/mol. The van der Waals surface area contributed by atoms with Crippen LogP contribution in [-0.4, -0.2) is 54.4 Å². The summed E-state index contributed by atoms with van der Waals surface area (Å²) in [5.41, 5.74) is -1.19. The van der Waals surface area contributed by atoms with Gasteiger partial charge in [0.15, 0.2) is 6.61 Å². The molecule has 1 fully saturated rings. The third-order valence-electron chi connectivity index (χ3n) is 3.56. The number of carbonyl (C=O) groups excluding carboxylic acids is 4. The predicted octanol–water partition coefficient (Wildman–Crippen LogP) is 0.891. The summed E-state index contributed by atoms with van der Waals surface area (Å²) < 4.78 is 23.0. The van der Waals surface area contributed by atoms with Gasteiger partial charge in [-0.25, -0.2) is 9.18 Å². The van der Waals surface area contributed by atoms with E-state index in [2.05, 4.69) is 5.32 Å². The van der Waals surface area contributed by atoms with Crippen LogP contribution in [0.3, 0.4) is 0 Å². The number of nitrogens with one attached hydrogen (secondary N) is 1. The average Bonchev–Trinajstić information content (AvgIpc) is 2.74. The number of methoxy groups -OCH3 is 1. The summed E-state index contributed by atoms with van der Waals surface area (Å²) in [5, 5.41) is 2.41. The van der Waals surface area contributed by atoms with Crippen LogP contribution in [0.15, 0.2) is 18.2 Å². The zero-order chi connectivity index (χ0) is 18.8. The van der Waals surface area contributed by atoms with Crippen molar-refractivity contribution in [1.82, 2.24) is 10.2 Å². The molecule has 9 heteroatoms. The smallest absolute Gasteiger partial charge is 0.326 e. The van der Waals surface area contributed by atoms with Crippen LogP contribution in [0.4, 0.5) is 9.18 Å². The number of ketones is 1. The Morgan fingerprint density at radius 1 is 1.28 bits per heavy atom. The Morgan fingerprint density at radius 2 is 1.96 bits per heavy atom. The van der Waals surface area contributed by atoms with Gasteiger partial charge in [0.05, 0.1) is 12.7 Å². The van der Waals surface area contributed by atoms with Gasteiger partial charge in [0.25, 0.3) is 5.91 Å². The van der Waals surface area contributed by atoms with Gasteiger partial charge in [-0.05, 0) is 32.0 Å².